The number of hydrogen-bond acceptors (Lipinski definition) is 6. The molecule has 1 aromatic heterocycles. The first-order valence-corrected chi connectivity index (χ1v) is 9.04. The smallest absolute Gasteiger partial charge is 0.229 e. The van der Waals surface area contributed by atoms with Crippen molar-refractivity contribution in [3.8, 4) is 5.75 Å². The Balaban J connectivity index is 1.50. The van der Waals surface area contributed by atoms with Gasteiger partial charge < -0.3 is 15.8 Å². The van der Waals surface area contributed by atoms with Crippen molar-refractivity contribution in [2.45, 2.75) is 19.5 Å². The SMILES string of the molecule is COc1cccc(Nc2nc(N)c3c(n2)CCN(Cc2ccccc2)C3)c1. The van der Waals surface area contributed by atoms with E-state index in [1.807, 2.05) is 30.3 Å². The van der Waals surface area contributed by atoms with Crippen molar-refractivity contribution < 1.29 is 4.74 Å². The van der Waals surface area contributed by atoms with E-state index in [0.717, 1.165) is 48.7 Å². The second-order valence-electron chi connectivity index (χ2n) is 6.66. The molecule has 0 unspecified atom stereocenters. The third kappa shape index (κ3) is 4.01. The topological polar surface area (TPSA) is 76.3 Å². The van der Waals surface area contributed by atoms with E-state index in [0.29, 0.717) is 11.8 Å². The van der Waals surface area contributed by atoms with Crippen LogP contribution < -0.4 is 15.8 Å². The first-order valence-electron chi connectivity index (χ1n) is 9.04. The Kier molecular flexibility index (Phi) is 4.89. The summed E-state index contributed by atoms with van der Waals surface area (Å²) in [6.07, 6.45) is 0.863. The molecule has 0 aliphatic carbocycles. The maximum Gasteiger partial charge on any atom is 0.229 e. The Labute approximate surface area is 159 Å². The number of ether oxygens (including phenoxy) is 1. The van der Waals surface area contributed by atoms with Crippen LogP contribution in [-0.2, 0) is 19.5 Å². The number of nitrogens with one attached hydrogen (secondary N) is 1. The van der Waals surface area contributed by atoms with E-state index < -0.39 is 0 Å². The van der Waals surface area contributed by atoms with Crippen LogP contribution in [0, 0.1) is 0 Å². The molecule has 2 aromatic carbocycles. The fourth-order valence-electron chi connectivity index (χ4n) is 3.36. The molecule has 3 N–H and O–H groups in total. The number of rotatable bonds is 5. The molecule has 0 fully saturated rings. The van der Waals surface area contributed by atoms with Gasteiger partial charge in [0, 0.05) is 43.4 Å². The minimum Gasteiger partial charge on any atom is -0.497 e. The number of fused-ring (bicyclic) bond motifs is 1. The normalized spacial score (nSPS) is 13.8. The predicted molar refractivity (Wildman–Crippen MR) is 107 cm³/mol. The lowest BCUT2D eigenvalue weighted by molar-refractivity contribution is 0.243. The number of methoxy groups -OCH3 is 1. The standard InChI is InChI=1S/C21H23N5O/c1-27-17-9-5-8-16(12-17)23-21-24-19-10-11-26(14-18(19)20(22)25-21)13-15-6-3-2-4-7-15/h2-9,12H,10-11,13-14H2,1H3,(H3,22,23,24,25). The second-order valence-corrected chi connectivity index (χ2v) is 6.66. The lowest BCUT2D eigenvalue weighted by Crippen LogP contribution is -2.31. The summed E-state index contributed by atoms with van der Waals surface area (Å²) in [5, 5.41) is 3.22. The van der Waals surface area contributed by atoms with Crippen LogP contribution in [0.3, 0.4) is 0 Å². The first kappa shape index (κ1) is 17.3. The molecule has 3 aromatic rings. The van der Waals surface area contributed by atoms with Crippen molar-refractivity contribution >= 4 is 17.5 Å². The molecule has 0 saturated carbocycles. The van der Waals surface area contributed by atoms with Gasteiger partial charge >= 0.3 is 0 Å². The molecule has 0 radical (unpaired) electrons. The maximum absolute atomic E-state index is 6.27. The first-order chi connectivity index (χ1) is 13.2. The zero-order chi connectivity index (χ0) is 18.6. The molecular formula is C21H23N5O. The van der Waals surface area contributed by atoms with Crippen LogP contribution >= 0.6 is 0 Å². The number of nitrogen functional groups attached to an aromatic ring is 1. The van der Waals surface area contributed by atoms with E-state index in [-0.39, 0.29) is 0 Å². The third-order valence-electron chi connectivity index (χ3n) is 4.75. The van der Waals surface area contributed by atoms with E-state index in [4.69, 9.17) is 15.5 Å². The molecule has 0 spiro atoms. The molecule has 4 rings (SSSR count). The van der Waals surface area contributed by atoms with Gasteiger partial charge in [0.2, 0.25) is 5.95 Å². The molecule has 138 valence electrons. The van der Waals surface area contributed by atoms with Crippen LogP contribution in [0.2, 0.25) is 0 Å². The van der Waals surface area contributed by atoms with Crippen molar-refractivity contribution in [3.05, 3.63) is 71.4 Å². The summed E-state index contributed by atoms with van der Waals surface area (Å²) >= 11 is 0. The predicted octanol–water partition coefficient (Wildman–Crippen LogP) is 3.37. The highest BCUT2D eigenvalue weighted by molar-refractivity contribution is 5.58. The van der Waals surface area contributed by atoms with Gasteiger partial charge in [-0.25, -0.2) is 4.98 Å². The molecule has 0 saturated heterocycles. The summed E-state index contributed by atoms with van der Waals surface area (Å²) in [5.41, 5.74) is 10.5. The molecule has 6 nitrogen and oxygen atoms in total. The van der Waals surface area contributed by atoms with Crippen molar-refractivity contribution in [3.63, 3.8) is 0 Å². The summed E-state index contributed by atoms with van der Waals surface area (Å²) in [7, 11) is 1.65. The highest BCUT2D eigenvalue weighted by Crippen LogP contribution is 2.26. The van der Waals surface area contributed by atoms with Crippen LogP contribution in [0.4, 0.5) is 17.5 Å². The number of anilines is 3. The highest BCUT2D eigenvalue weighted by atomic mass is 16.5. The third-order valence-corrected chi connectivity index (χ3v) is 4.75. The molecule has 27 heavy (non-hydrogen) atoms. The number of nitrogens with zero attached hydrogens (tertiary/aromatic N) is 3. The maximum atomic E-state index is 6.27. The van der Waals surface area contributed by atoms with Gasteiger partial charge in [-0.1, -0.05) is 36.4 Å². The Morgan fingerprint density at radius 3 is 2.78 bits per heavy atom. The van der Waals surface area contributed by atoms with Gasteiger partial charge in [0.1, 0.15) is 11.6 Å². The zero-order valence-electron chi connectivity index (χ0n) is 15.4. The minimum atomic E-state index is 0.524. The van der Waals surface area contributed by atoms with Gasteiger partial charge in [0.05, 0.1) is 12.8 Å². The summed E-state index contributed by atoms with van der Waals surface area (Å²) in [6, 6.07) is 18.1. The monoisotopic (exact) mass is 361 g/mol. The molecule has 0 bridgehead atoms. The van der Waals surface area contributed by atoms with Crippen molar-refractivity contribution in [2.75, 3.05) is 24.7 Å². The Morgan fingerprint density at radius 2 is 1.96 bits per heavy atom. The van der Waals surface area contributed by atoms with E-state index in [1.165, 1.54) is 5.56 Å². The van der Waals surface area contributed by atoms with E-state index in [2.05, 4.69) is 39.5 Å². The second kappa shape index (κ2) is 7.63. The van der Waals surface area contributed by atoms with Gasteiger partial charge in [-0.05, 0) is 17.7 Å². The summed E-state index contributed by atoms with van der Waals surface area (Å²) in [5.74, 6) is 1.85. The van der Waals surface area contributed by atoms with E-state index in [1.54, 1.807) is 7.11 Å². The fraction of sp³-hybridized carbons (Fsp3) is 0.238. The molecular weight excluding hydrogens is 338 g/mol. The molecule has 0 atom stereocenters. The van der Waals surface area contributed by atoms with Gasteiger partial charge in [0.15, 0.2) is 0 Å². The number of nitrogens with two attached hydrogens (primary N) is 1. The zero-order valence-corrected chi connectivity index (χ0v) is 15.4. The highest BCUT2D eigenvalue weighted by Gasteiger charge is 2.21. The number of aromatic nitrogens is 2. The molecule has 6 heteroatoms. The average molecular weight is 361 g/mol. The van der Waals surface area contributed by atoms with Gasteiger partial charge in [-0.2, -0.15) is 4.98 Å². The fourth-order valence-corrected chi connectivity index (χ4v) is 3.36. The van der Waals surface area contributed by atoms with Crippen LogP contribution in [0.15, 0.2) is 54.6 Å². The van der Waals surface area contributed by atoms with Gasteiger partial charge in [-0.3, -0.25) is 4.90 Å². The Bertz CT molecular complexity index is 929. The number of benzene rings is 2. The van der Waals surface area contributed by atoms with Crippen molar-refractivity contribution in [2.24, 2.45) is 0 Å². The van der Waals surface area contributed by atoms with Crippen molar-refractivity contribution in [1.82, 2.24) is 14.9 Å². The van der Waals surface area contributed by atoms with Crippen LogP contribution in [-0.4, -0.2) is 28.5 Å². The molecule has 0 amide bonds. The molecule has 1 aliphatic rings. The van der Waals surface area contributed by atoms with Crippen LogP contribution in [0.25, 0.3) is 0 Å². The Hall–Kier alpha value is -3.12. The van der Waals surface area contributed by atoms with E-state index >= 15 is 0 Å². The van der Waals surface area contributed by atoms with Gasteiger partial charge in [0.25, 0.3) is 0 Å². The van der Waals surface area contributed by atoms with E-state index in [9.17, 15) is 0 Å². The van der Waals surface area contributed by atoms with Crippen molar-refractivity contribution in [1.29, 1.82) is 0 Å². The lowest BCUT2D eigenvalue weighted by atomic mass is 10.1. The van der Waals surface area contributed by atoms with Gasteiger partial charge in [-0.15, -0.1) is 0 Å². The quantitative estimate of drug-likeness (QED) is 0.726. The minimum absolute atomic E-state index is 0.524. The van der Waals surface area contributed by atoms with Crippen LogP contribution in [0.5, 0.6) is 5.75 Å². The summed E-state index contributed by atoms with van der Waals surface area (Å²) < 4.78 is 5.26. The molecule has 1 aliphatic heterocycles. The average Bonchev–Trinajstić information content (AvgIpc) is 2.69. The van der Waals surface area contributed by atoms with Crippen LogP contribution in [0.1, 0.15) is 16.8 Å². The Morgan fingerprint density at radius 1 is 1.11 bits per heavy atom. The largest absolute Gasteiger partial charge is 0.497 e. The summed E-state index contributed by atoms with van der Waals surface area (Å²) in [4.78, 5) is 11.5. The summed E-state index contributed by atoms with van der Waals surface area (Å²) in [6.45, 7) is 2.63. The lowest BCUT2D eigenvalue weighted by Gasteiger charge is -2.29. The molecule has 2 heterocycles. The number of hydrogen-bond donors (Lipinski definition) is 2.